The largest absolute Gasteiger partial charge is 0.455 e. The molecule has 2 aromatic rings. The summed E-state index contributed by atoms with van der Waals surface area (Å²) in [4.78, 5) is 30.9. The minimum absolute atomic E-state index is 0.0431. The van der Waals surface area contributed by atoms with Crippen LogP contribution in [0.15, 0.2) is 45.9 Å². The lowest BCUT2D eigenvalue weighted by Crippen LogP contribution is -2.44. The second kappa shape index (κ2) is 13.5. The first-order valence-corrected chi connectivity index (χ1v) is 12.7. The van der Waals surface area contributed by atoms with Crippen molar-refractivity contribution >= 4 is 29.8 Å². The van der Waals surface area contributed by atoms with Crippen LogP contribution in [0.1, 0.15) is 32.4 Å². The van der Waals surface area contributed by atoms with E-state index in [2.05, 4.69) is 21.9 Å². The molecule has 2 aliphatic rings. The average molecular weight is 518 g/mol. The molecule has 4 rings (SSSR count). The van der Waals surface area contributed by atoms with Gasteiger partial charge in [0, 0.05) is 49.4 Å². The average Bonchev–Trinajstić information content (AvgIpc) is 3.41. The minimum Gasteiger partial charge on any atom is -0.455 e. The molecule has 0 bridgehead atoms. The number of benzene rings is 1. The summed E-state index contributed by atoms with van der Waals surface area (Å²) in [7, 11) is 2.14. The van der Waals surface area contributed by atoms with Crippen LogP contribution in [0.3, 0.4) is 0 Å². The van der Waals surface area contributed by atoms with E-state index < -0.39 is 0 Å². The highest BCUT2D eigenvalue weighted by Crippen LogP contribution is 2.23. The maximum atomic E-state index is 12.6. The third-order valence-electron chi connectivity index (χ3n) is 5.82. The molecule has 36 heavy (non-hydrogen) atoms. The summed E-state index contributed by atoms with van der Waals surface area (Å²) < 4.78 is 5.77. The lowest BCUT2D eigenvalue weighted by Gasteiger charge is -2.32. The molecule has 0 spiro atoms. The standard InChI is InChI=1S/C23H28ClN5O3.C3H8O/c1-26-12-14-27(15-13-26)10-2-3-11-28-22(30)17-29(23(28)31)25-16-20-8-9-21(32-20)18-4-6-19(24)7-5-18;1-3(2)4/h4-9,16H,2-3,10-15,17H2,1H3;3-4H,1-2H3/b25-16+;. The molecule has 2 saturated heterocycles. The quantitative estimate of drug-likeness (QED) is 0.326. The van der Waals surface area contributed by atoms with E-state index in [0.29, 0.717) is 23.1 Å². The fraction of sp³-hybridized carbons (Fsp3) is 0.500. The summed E-state index contributed by atoms with van der Waals surface area (Å²) in [5.41, 5.74) is 0.893. The number of rotatable bonds is 8. The highest BCUT2D eigenvalue weighted by Gasteiger charge is 2.35. The molecule has 9 nitrogen and oxygen atoms in total. The third-order valence-corrected chi connectivity index (χ3v) is 6.07. The monoisotopic (exact) mass is 517 g/mol. The van der Waals surface area contributed by atoms with E-state index in [-0.39, 0.29) is 24.6 Å². The molecule has 0 radical (unpaired) electrons. The second-order valence-corrected chi connectivity index (χ2v) is 9.72. The molecule has 1 N–H and O–H groups in total. The maximum absolute atomic E-state index is 12.6. The topological polar surface area (TPSA) is 92.8 Å². The summed E-state index contributed by atoms with van der Waals surface area (Å²) >= 11 is 5.92. The Balaban J connectivity index is 0.000000840. The number of carbonyl (C=O) groups excluding carboxylic acids is 2. The first-order chi connectivity index (χ1) is 17.2. The van der Waals surface area contributed by atoms with Gasteiger partial charge in [-0.2, -0.15) is 5.10 Å². The van der Waals surface area contributed by atoms with E-state index >= 15 is 0 Å². The first kappa shape index (κ1) is 27.9. The second-order valence-electron chi connectivity index (χ2n) is 9.28. The number of likely N-dealkylation sites (N-methyl/N-ethyl adjacent to an activating group) is 1. The minimum atomic E-state index is -0.379. The lowest BCUT2D eigenvalue weighted by molar-refractivity contribution is -0.125. The van der Waals surface area contributed by atoms with Crippen molar-refractivity contribution in [3.05, 3.63) is 47.2 Å². The molecule has 0 aliphatic carbocycles. The van der Waals surface area contributed by atoms with Gasteiger partial charge in [0.15, 0.2) is 0 Å². The van der Waals surface area contributed by atoms with Crippen molar-refractivity contribution in [1.29, 1.82) is 0 Å². The fourth-order valence-electron chi connectivity index (χ4n) is 3.83. The van der Waals surface area contributed by atoms with Crippen LogP contribution in [0, 0.1) is 0 Å². The van der Waals surface area contributed by atoms with E-state index in [1.165, 1.54) is 16.1 Å². The number of furan rings is 1. The summed E-state index contributed by atoms with van der Waals surface area (Å²) in [5.74, 6) is 0.961. The Labute approximate surface area is 217 Å². The summed E-state index contributed by atoms with van der Waals surface area (Å²) in [5, 5.41) is 14.1. The number of unbranched alkanes of at least 4 members (excludes halogenated alkanes) is 1. The SMILES string of the molecule is CC(C)O.CN1CCN(CCCCN2C(=O)CN(/N=C/c3ccc(-c4ccc(Cl)cc4)o3)C2=O)CC1. The number of urea groups is 1. The number of imide groups is 1. The van der Waals surface area contributed by atoms with Crippen LogP contribution in [0.2, 0.25) is 5.02 Å². The third kappa shape index (κ3) is 8.44. The van der Waals surface area contributed by atoms with Gasteiger partial charge in [-0.05, 0) is 76.7 Å². The number of carbonyl (C=O) groups is 2. The van der Waals surface area contributed by atoms with Crippen LogP contribution in [0.4, 0.5) is 4.79 Å². The van der Waals surface area contributed by atoms with E-state index in [9.17, 15) is 9.59 Å². The van der Waals surface area contributed by atoms with Gasteiger partial charge in [0.1, 0.15) is 18.1 Å². The van der Waals surface area contributed by atoms with Crippen LogP contribution in [0.25, 0.3) is 11.3 Å². The zero-order valence-corrected chi connectivity index (χ0v) is 22.0. The molecule has 1 aromatic carbocycles. The van der Waals surface area contributed by atoms with Crippen molar-refractivity contribution in [3.63, 3.8) is 0 Å². The summed E-state index contributed by atoms with van der Waals surface area (Å²) in [6.45, 7) is 9.16. The van der Waals surface area contributed by atoms with Gasteiger partial charge in [-0.1, -0.05) is 11.6 Å². The van der Waals surface area contributed by atoms with E-state index in [4.69, 9.17) is 21.1 Å². The van der Waals surface area contributed by atoms with Crippen molar-refractivity contribution < 1.29 is 19.1 Å². The van der Waals surface area contributed by atoms with Crippen molar-refractivity contribution in [3.8, 4) is 11.3 Å². The fourth-order valence-corrected chi connectivity index (χ4v) is 3.96. The van der Waals surface area contributed by atoms with Crippen molar-refractivity contribution in [1.82, 2.24) is 19.7 Å². The van der Waals surface area contributed by atoms with Crippen LogP contribution < -0.4 is 0 Å². The van der Waals surface area contributed by atoms with Gasteiger partial charge in [-0.15, -0.1) is 0 Å². The number of piperazine rings is 1. The molecule has 1 aromatic heterocycles. The Bertz CT molecular complexity index is 1010. The van der Waals surface area contributed by atoms with Crippen molar-refractivity contribution in [2.45, 2.75) is 32.8 Å². The Hall–Kier alpha value is -2.72. The van der Waals surface area contributed by atoms with Gasteiger partial charge in [-0.25, -0.2) is 9.80 Å². The highest BCUT2D eigenvalue weighted by atomic mass is 35.5. The normalized spacial score (nSPS) is 17.4. The van der Waals surface area contributed by atoms with Crippen molar-refractivity contribution in [2.24, 2.45) is 5.10 Å². The number of halogens is 1. The summed E-state index contributed by atoms with van der Waals surface area (Å²) in [6, 6.07) is 10.5. The van der Waals surface area contributed by atoms with Gasteiger partial charge in [0.25, 0.3) is 5.91 Å². The van der Waals surface area contributed by atoms with Crippen LogP contribution >= 0.6 is 11.6 Å². The van der Waals surface area contributed by atoms with Gasteiger partial charge < -0.3 is 19.3 Å². The Morgan fingerprint density at radius 3 is 2.33 bits per heavy atom. The molecule has 0 atom stereocenters. The number of hydrazone groups is 1. The van der Waals surface area contributed by atoms with E-state index in [1.807, 2.05) is 18.2 Å². The number of amides is 3. The van der Waals surface area contributed by atoms with Gasteiger partial charge in [0.2, 0.25) is 0 Å². The molecule has 10 heteroatoms. The molecule has 3 heterocycles. The molecule has 2 fully saturated rings. The molecule has 196 valence electrons. The molecular formula is C26H36ClN5O4. The number of aliphatic hydroxyl groups excluding tert-OH is 1. The molecule has 0 saturated carbocycles. The lowest BCUT2D eigenvalue weighted by atomic mass is 10.2. The number of hydrogen-bond donors (Lipinski definition) is 1. The Kier molecular flexibility index (Phi) is 10.5. The van der Waals surface area contributed by atoms with E-state index in [0.717, 1.165) is 51.1 Å². The summed E-state index contributed by atoms with van der Waals surface area (Å²) in [6.07, 6.45) is 3.05. The molecule has 0 unspecified atom stereocenters. The zero-order valence-electron chi connectivity index (χ0n) is 21.3. The maximum Gasteiger partial charge on any atom is 0.347 e. The van der Waals surface area contributed by atoms with Gasteiger partial charge in [0.05, 0.1) is 6.21 Å². The number of aliphatic hydroxyl groups is 1. The van der Waals surface area contributed by atoms with Crippen LogP contribution in [0.5, 0.6) is 0 Å². The first-order valence-electron chi connectivity index (χ1n) is 12.3. The van der Waals surface area contributed by atoms with Gasteiger partial charge >= 0.3 is 6.03 Å². The number of nitrogens with zero attached hydrogens (tertiary/aromatic N) is 5. The molecular weight excluding hydrogens is 482 g/mol. The Morgan fingerprint density at radius 2 is 1.67 bits per heavy atom. The van der Waals surface area contributed by atoms with Gasteiger partial charge in [-0.3, -0.25) is 9.69 Å². The Morgan fingerprint density at radius 1 is 1.03 bits per heavy atom. The van der Waals surface area contributed by atoms with Crippen LogP contribution in [-0.2, 0) is 4.79 Å². The van der Waals surface area contributed by atoms with Crippen LogP contribution in [-0.4, -0.2) is 102 Å². The molecule has 2 aliphatic heterocycles. The molecule has 3 amide bonds. The predicted molar refractivity (Wildman–Crippen MR) is 141 cm³/mol. The highest BCUT2D eigenvalue weighted by molar-refractivity contribution is 6.30. The zero-order chi connectivity index (χ0) is 26.1. The predicted octanol–water partition coefficient (Wildman–Crippen LogP) is 3.61. The number of hydrogen-bond acceptors (Lipinski definition) is 7. The smallest absolute Gasteiger partial charge is 0.347 e. The van der Waals surface area contributed by atoms with E-state index in [1.54, 1.807) is 32.0 Å². The van der Waals surface area contributed by atoms with Crippen molar-refractivity contribution in [2.75, 3.05) is 52.9 Å².